The molecule has 0 spiro atoms. The summed E-state index contributed by atoms with van der Waals surface area (Å²) in [6.07, 6.45) is 5.21. The Hall–Kier alpha value is -1.05. The molecule has 0 aliphatic carbocycles. The maximum Gasteiger partial charge on any atom is 0.191 e. The zero-order valence-corrected chi connectivity index (χ0v) is 8.79. The third-order valence-electron chi connectivity index (χ3n) is 2.02. The van der Waals surface area contributed by atoms with Gasteiger partial charge in [-0.25, -0.2) is 4.99 Å². The van der Waals surface area contributed by atoms with Crippen LogP contribution in [0.4, 0.5) is 0 Å². The average molecular weight is 179 g/mol. The molecule has 0 aromatic rings. The first-order chi connectivity index (χ1) is 6.11. The van der Waals surface area contributed by atoms with Crippen LogP contribution in [0.2, 0.25) is 0 Å². The Bertz CT molecular complexity index is 274. The van der Waals surface area contributed by atoms with Crippen molar-refractivity contribution in [2.24, 2.45) is 10.9 Å². The number of ether oxygens (including phenoxy) is 1. The molecule has 72 valence electrons. The van der Waals surface area contributed by atoms with Crippen LogP contribution in [0.5, 0.6) is 0 Å². The van der Waals surface area contributed by atoms with Gasteiger partial charge in [0.05, 0.1) is 7.11 Å². The van der Waals surface area contributed by atoms with Gasteiger partial charge < -0.3 is 4.74 Å². The number of allylic oxidation sites excluding steroid dienone is 3. The quantitative estimate of drug-likeness (QED) is 0.524. The molecule has 0 fully saturated rings. The van der Waals surface area contributed by atoms with Crippen molar-refractivity contribution in [1.82, 2.24) is 0 Å². The summed E-state index contributed by atoms with van der Waals surface area (Å²) >= 11 is 0. The molecule has 0 bridgehead atoms. The minimum atomic E-state index is 0.474. The standard InChI is InChI=1S/C11H17NO/c1-8-5-9(2)7-11(13-4)12-10(3)6-8/h5-6,8H,7H2,1-4H3/t8-/m0/s1. The highest BCUT2D eigenvalue weighted by molar-refractivity contribution is 5.79. The summed E-state index contributed by atoms with van der Waals surface area (Å²) in [6.45, 7) is 6.28. The molecule has 0 N–H and O–H groups in total. The van der Waals surface area contributed by atoms with E-state index < -0.39 is 0 Å². The third-order valence-corrected chi connectivity index (χ3v) is 2.02. The van der Waals surface area contributed by atoms with E-state index in [-0.39, 0.29) is 0 Å². The lowest BCUT2D eigenvalue weighted by molar-refractivity contribution is 0.393. The number of nitrogens with zero attached hydrogens (tertiary/aromatic N) is 1. The minimum Gasteiger partial charge on any atom is -0.484 e. The van der Waals surface area contributed by atoms with Crippen molar-refractivity contribution < 1.29 is 4.74 Å². The van der Waals surface area contributed by atoms with Crippen molar-refractivity contribution >= 4 is 5.90 Å². The van der Waals surface area contributed by atoms with Crippen LogP contribution in [0.3, 0.4) is 0 Å². The van der Waals surface area contributed by atoms with Crippen LogP contribution in [0.25, 0.3) is 0 Å². The van der Waals surface area contributed by atoms with Gasteiger partial charge in [-0.2, -0.15) is 0 Å². The fraction of sp³-hybridized carbons (Fsp3) is 0.545. The lowest BCUT2D eigenvalue weighted by Crippen LogP contribution is -2.05. The highest BCUT2D eigenvalue weighted by Gasteiger charge is 2.06. The molecular formula is C11H17NO. The van der Waals surface area contributed by atoms with Gasteiger partial charge in [-0.15, -0.1) is 0 Å². The van der Waals surface area contributed by atoms with Crippen LogP contribution in [0.15, 0.2) is 28.4 Å². The van der Waals surface area contributed by atoms with E-state index in [1.807, 2.05) is 6.92 Å². The maximum atomic E-state index is 5.17. The molecule has 13 heavy (non-hydrogen) atoms. The zero-order valence-electron chi connectivity index (χ0n) is 8.79. The highest BCUT2D eigenvalue weighted by Crippen LogP contribution is 2.15. The fourth-order valence-electron chi connectivity index (χ4n) is 1.57. The van der Waals surface area contributed by atoms with Crippen molar-refractivity contribution in [2.45, 2.75) is 27.2 Å². The van der Waals surface area contributed by atoms with Gasteiger partial charge in [-0.3, -0.25) is 0 Å². The summed E-state index contributed by atoms with van der Waals surface area (Å²) in [5.74, 6) is 1.27. The Morgan fingerprint density at radius 3 is 2.69 bits per heavy atom. The van der Waals surface area contributed by atoms with Crippen molar-refractivity contribution in [1.29, 1.82) is 0 Å². The molecule has 0 saturated heterocycles. The predicted octanol–water partition coefficient (Wildman–Crippen LogP) is 2.92. The Balaban J connectivity index is 2.95. The molecule has 0 unspecified atom stereocenters. The Kier molecular flexibility index (Phi) is 3.29. The first-order valence-electron chi connectivity index (χ1n) is 4.59. The molecule has 1 aliphatic rings. The number of hydrogen-bond donors (Lipinski definition) is 0. The highest BCUT2D eigenvalue weighted by atomic mass is 16.5. The van der Waals surface area contributed by atoms with Crippen LogP contribution in [-0.2, 0) is 4.74 Å². The van der Waals surface area contributed by atoms with Crippen LogP contribution in [0.1, 0.15) is 27.2 Å². The molecule has 1 atom stereocenters. The summed E-state index contributed by atoms with van der Waals surface area (Å²) in [5.41, 5.74) is 2.35. The average Bonchev–Trinajstić information content (AvgIpc) is 1.99. The number of rotatable bonds is 0. The van der Waals surface area contributed by atoms with E-state index in [1.165, 1.54) is 5.57 Å². The smallest absolute Gasteiger partial charge is 0.191 e. The molecule has 1 heterocycles. The van der Waals surface area contributed by atoms with Gasteiger partial charge in [0.25, 0.3) is 0 Å². The lowest BCUT2D eigenvalue weighted by Gasteiger charge is -2.11. The molecule has 0 aromatic carbocycles. The van der Waals surface area contributed by atoms with Gasteiger partial charge in [0.1, 0.15) is 0 Å². The second kappa shape index (κ2) is 4.26. The molecule has 0 aromatic heterocycles. The van der Waals surface area contributed by atoms with Gasteiger partial charge in [0, 0.05) is 12.1 Å². The second-order valence-corrected chi connectivity index (χ2v) is 3.57. The summed E-state index contributed by atoms with van der Waals surface area (Å²) in [5, 5.41) is 0. The van der Waals surface area contributed by atoms with Gasteiger partial charge in [-0.1, -0.05) is 24.6 Å². The van der Waals surface area contributed by atoms with E-state index in [9.17, 15) is 0 Å². The van der Waals surface area contributed by atoms with Crippen LogP contribution in [0, 0.1) is 5.92 Å². The molecular weight excluding hydrogens is 162 g/mol. The largest absolute Gasteiger partial charge is 0.484 e. The van der Waals surface area contributed by atoms with Crippen LogP contribution in [-0.4, -0.2) is 13.0 Å². The van der Waals surface area contributed by atoms with Crippen LogP contribution < -0.4 is 0 Å². The van der Waals surface area contributed by atoms with Crippen molar-refractivity contribution in [2.75, 3.05) is 7.11 Å². The summed E-state index contributed by atoms with van der Waals surface area (Å²) in [7, 11) is 1.67. The molecule has 1 aliphatic heterocycles. The van der Waals surface area contributed by atoms with E-state index in [1.54, 1.807) is 7.11 Å². The maximum absolute atomic E-state index is 5.17. The fourth-order valence-corrected chi connectivity index (χ4v) is 1.57. The molecule has 2 nitrogen and oxygen atoms in total. The van der Waals surface area contributed by atoms with Crippen molar-refractivity contribution in [3.8, 4) is 0 Å². The normalized spacial score (nSPS) is 23.7. The zero-order chi connectivity index (χ0) is 9.84. The molecule has 0 radical (unpaired) electrons. The molecule has 1 rings (SSSR count). The summed E-state index contributed by atoms with van der Waals surface area (Å²) in [6, 6.07) is 0. The van der Waals surface area contributed by atoms with E-state index in [0.717, 1.165) is 18.0 Å². The molecule has 0 amide bonds. The summed E-state index contributed by atoms with van der Waals surface area (Å²) in [4.78, 5) is 4.37. The molecule has 0 saturated carbocycles. The minimum absolute atomic E-state index is 0.474. The monoisotopic (exact) mass is 179 g/mol. The Morgan fingerprint density at radius 2 is 2.08 bits per heavy atom. The van der Waals surface area contributed by atoms with Crippen molar-refractivity contribution in [3.05, 3.63) is 23.4 Å². The number of methoxy groups -OCH3 is 1. The Labute approximate surface area is 80.0 Å². The van der Waals surface area contributed by atoms with Gasteiger partial charge in [0.2, 0.25) is 0 Å². The van der Waals surface area contributed by atoms with Gasteiger partial charge in [0.15, 0.2) is 5.90 Å². The molecule has 2 heteroatoms. The van der Waals surface area contributed by atoms with Crippen LogP contribution >= 0.6 is 0 Å². The van der Waals surface area contributed by atoms with Gasteiger partial charge in [-0.05, 0) is 19.8 Å². The lowest BCUT2D eigenvalue weighted by atomic mass is 10.0. The van der Waals surface area contributed by atoms with Gasteiger partial charge >= 0.3 is 0 Å². The predicted molar refractivity (Wildman–Crippen MR) is 55.7 cm³/mol. The second-order valence-electron chi connectivity index (χ2n) is 3.57. The van der Waals surface area contributed by atoms with E-state index >= 15 is 0 Å². The third kappa shape index (κ3) is 3.05. The first-order valence-corrected chi connectivity index (χ1v) is 4.59. The van der Waals surface area contributed by atoms with E-state index in [0.29, 0.717) is 5.92 Å². The Morgan fingerprint density at radius 1 is 1.38 bits per heavy atom. The number of hydrogen-bond acceptors (Lipinski definition) is 2. The van der Waals surface area contributed by atoms with E-state index in [4.69, 9.17) is 4.74 Å². The SMILES string of the molecule is COC1=NC(C)=C[C@@H](C)C=C(C)C1. The topological polar surface area (TPSA) is 21.6 Å². The first kappa shape index (κ1) is 10.0. The van der Waals surface area contributed by atoms with E-state index in [2.05, 4.69) is 31.0 Å². The number of aliphatic imine (C=N–C) groups is 1. The van der Waals surface area contributed by atoms with Crippen molar-refractivity contribution in [3.63, 3.8) is 0 Å². The summed E-state index contributed by atoms with van der Waals surface area (Å²) < 4.78 is 5.17.